The largest absolute Gasteiger partial charge is 0.663 e. The van der Waals surface area contributed by atoms with Gasteiger partial charge in [-0.3, -0.25) is 4.98 Å². The third-order valence-corrected chi connectivity index (χ3v) is 3.63. The number of aryl methyl sites for hydroxylation is 1. The average molecular weight is 333 g/mol. The first-order chi connectivity index (χ1) is 10.3. The van der Waals surface area contributed by atoms with Gasteiger partial charge in [-0.2, -0.15) is 6.20 Å². The Morgan fingerprint density at radius 3 is 2.73 bits per heavy atom. The predicted octanol–water partition coefficient (Wildman–Crippen LogP) is 3.75. The van der Waals surface area contributed by atoms with Crippen molar-refractivity contribution in [2.75, 3.05) is 0 Å². The molecule has 5 heteroatoms. The Kier molecular flexibility index (Phi) is 5.47. The second-order valence-electron chi connectivity index (χ2n) is 5.44. The van der Waals surface area contributed by atoms with E-state index in [-0.39, 0.29) is 22.5 Å². The molecule has 0 bridgehead atoms. The Hall–Kier alpha value is -1.97. The summed E-state index contributed by atoms with van der Waals surface area (Å²) in [7, 11) is 0. The Balaban J connectivity index is 0.00000176. The topological polar surface area (TPSA) is 52.8 Å². The number of hydrogen-bond donors (Lipinski definition) is 0. The molecule has 22 heavy (non-hydrogen) atoms. The first-order valence-electron chi connectivity index (χ1n) is 7.02. The van der Waals surface area contributed by atoms with Crippen LogP contribution in [0.2, 0.25) is 0 Å². The third kappa shape index (κ3) is 4.03. The molecule has 2 aromatic heterocycles. The van der Waals surface area contributed by atoms with Crippen molar-refractivity contribution in [2.24, 2.45) is 5.41 Å². The van der Waals surface area contributed by atoms with Gasteiger partial charge in [0, 0.05) is 46.8 Å². The van der Waals surface area contributed by atoms with Crippen molar-refractivity contribution in [1.29, 1.82) is 0 Å². The number of allylic oxidation sites excluding steroid dienone is 2. The number of nitrogens with zero attached hydrogens (tertiary/aromatic N) is 4. The van der Waals surface area contributed by atoms with Crippen LogP contribution in [0.3, 0.4) is 0 Å². The molecule has 0 N–H and O–H groups in total. The van der Waals surface area contributed by atoms with Crippen LogP contribution in [0.5, 0.6) is 0 Å². The van der Waals surface area contributed by atoms with E-state index in [1.165, 1.54) is 0 Å². The van der Waals surface area contributed by atoms with Crippen LogP contribution >= 0.6 is 0 Å². The van der Waals surface area contributed by atoms with E-state index in [4.69, 9.17) is 0 Å². The molecule has 0 aromatic carbocycles. The minimum absolute atomic E-state index is 0. The Labute approximate surface area is 141 Å². The van der Waals surface area contributed by atoms with Crippen LogP contribution in [0.25, 0.3) is 11.0 Å². The maximum Gasteiger partial charge on any atom is 0.115 e. The van der Waals surface area contributed by atoms with Crippen LogP contribution < -0.4 is 0 Å². The van der Waals surface area contributed by atoms with Crippen molar-refractivity contribution in [3.8, 4) is 0 Å². The molecule has 0 spiro atoms. The van der Waals surface area contributed by atoms with Crippen molar-refractivity contribution in [3.63, 3.8) is 0 Å². The minimum atomic E-state index is -0.0234. The van der Waals surface area contributed by atoms with Gasteiger partial charge in [-0.25, -0.2) is 9.97 Å². The van der Waals surface area contributed by atoms with E-state index in [0.717, 1.165) is 29.8 Å². The van der Waals surface area contributed by atoms with Crippen LogP contribution in [0.15, 0.2) is 61.5 Å². The zero-order chi connectivity index (χ0) is 14.5. The van der Waals surface area contributed by atoms with E-state index >= 15 is 0 Å². The fourth-order valence-electron chi connectivity index (χ4n) is 2.37. The zero-order valence-corrected chi connectivity index (χ0v) is 13.4. The van der Waals surface area contributed by atoms with E-state index in [1.54, 1.807) is 12.5 Å². The molecule has 0 saturated heterocycles. The smallest absolute Gasteiger partial charge is 0.115 e. The molecular formula is C17H17FeN4-. The van der Waals surface area contributed by atoms with E-state index in [2.05, 4.69) is 39.3 Å². The van der Waals surface area contributed by atoms with E-state index in [1.807, 2.05) is 36.8 Å². The van der Waals surface area contributed by atoms with Crippen molar-refractivity contribution in [2.45, 2.75) is 19.8 Å². The van der Waals surface area contributed by atoms with Gasteiger partial charge in [-0.1, -0.05) is 25.1 Å². The Morgan fingerprint density at radius 1 is 1.18 bits per heavy atom. The molecule has 114 valence electrons. The molecule has 0 radical (unpaired) electrons. The maximum atomic E-state index is 4.44. The summed E-state index contributed by atoms with van der Waals surface area (Å²) in [6.07, 6.45) is 15.2. The predicted molar refractivity (Wildman–Crippen MR) is 83.2 cm³/mol. The molecule has 2 aromatic rings. The van der Waals surface area contributed by atoms with E-state index in [0.29, 0.717) is 0 Å². The summed E-state index contributed by atoms with van der Waals surface area (Å²) in [5.41, 5.74) is 2.98. The summed E-state index contributed by atoms with van der Waals surface area (Å²) < 4.78 is 0. The molecular weight excluding hydrogens is 316 g/mol. The van der Waals surface area contributed by atoms with Crippen molar-refractivity contribution in [1.82, 2.24) is 15.0 Å². The van der Waals surface area contributed by atoms with Crippen LogP contribution in [0.4, 0.5) is 0 Å². The SMILES string of the molecule is CC1(CCc2cncnc2)C=C[N-]C(c2ccccn2)=C1.[Fe]. The van der Waals surface area contributed by atoms with Crippen molar-refractivity contribution < 1.29 is 17.1 Å². The molecule has 1 atom stereocenters. The zero-order valence-electron chi connectivity index (χ0n) is 12.3. The Morgan fingerprint density at radius 2 is 2.00 bits per heavy atom. The number of pyridine rings is 1. The minimum Gasteiger partial charge on any atom is -0.663 e. The van der Waals surface area contributed by atoms with Crippen LogP contribution in [0, 0.1) is 5.41 Å². The number of aromatic nitrogens is 3. The molecule has 4 nitrogen and oxygen atoms in total. The summed E-state index contributed by atoms with van der Waals surface area (Å²) in [5.74, 6) is 0. The second kappa shape index (κ2) is 7.34. The number of hydrogen-bond acceptors (Lipinski definition) is 3. The monoisotopic (exact) mass is 333 g/mol. The van der Waals surface area contributed by atoms with Gasteiger partial charge in [-0.05, 0) is 30.5 Å². The van der Waals surface area contributed by atoms with Gasteiger partial charge >= 0.3 is 0 Å². The first-order valence-corrected chi connectivity index (χ1v) is 7.02. The average Bonchev–Trinajstić information content (AvgIpc) is 2.55. The van der Waals surface area contributed by atoms with Crippen LogP contribution in [0.1, 0.15) is 24.6 Å². The van der Waals surface area contributed by atoms with Gasteiger partial charge in [-0.15, -0.1) is 5.70 Å². The van der Waals surface area contributed by atoms with Gasteiger partial charge in [0.05, 0.1) is 0 Å². The number of rotatable bonds is 4. The summed E-state index contributed by atoms with van der Waals surface area (Å²) in [4.78, 5) is 12.5. The molecule has 0 aliphatic carbocycles. The van der Waals surface area contributed by atoms with Crippen molar-refractivity contribution >= 4 is 5.70 Å². The molecule has 1 aliphatic heterocycles. The van der Waals surface area contributed by atoms with Gasteiger partial charge in [0.15, 0.2) is 0 Å². The van der Waals surface area contributed by atoms with E-state index in [9.17, 15) is 0 Å². The quantitative estimate of drug-likeness (QED) is 0.801. The summed E-state index contributed by atoms with van der Waals surface area (Å²) in [5, 5.41) is 4.44. The second-order valence-corrected chi connectivity index (χ2v) is 5.44. The summed E-state index contributed by atoms with van der Waals surface area (Å²) >= 11 is 0. The summed E-state index contributed by atoms with van der Waals surface area (Å²) in [6, 6.07) is 5.88. The summed E-state index contributed by atoms with van der Waals surface area (Å²) in [6.45, 7) is 2.21. The van der Waals surface area contributed by atoms with E-state index < -0.39 is 0 Å². The first kappa shape index (κ1) is 16.4. The fraction of sp³-hybridized carbons (Fsp3) is 0.235. The molecule has 3 heterocycles. The van der Waals surface area contributed by atoms with Crippen LogP contribution in [-0.4, -0.2) is 15.0 Å². The molecule has 0 saturated carbocycles. The van der Waals surface area contributed by atoms with Crippen LogP contribution in [-0.2, 0) is 23.5 Å². The maximum absolute atomic E-state index is 4.44. The van der Waals surface area contributed by atoms with Gasteiger partial charge in [0.25, 0.3) is 0 Å². The Bertz CT molecular complexity index is 655. The third-order valence-electron chi connectivity index (χ3n) is 3.63. The van der Waals surface area contributed by atoms with Gasteiger partial charge in [0.1, 0.15) is 6.33 Å². The molecule has 0 fully saturated rings. The van der Waals surface area contributed by atoms with Gasteiger partial charge < -0.3 is 5.32 Å². The van der Waals surface area contributed by atoms with Gasteiger partial charge in [0.2, 0.25) is 0 Å². The molecule has 1 unspecified atom stereocenters. The standard InChI is InChI=1S/C17H17N4.Fe/c1-17(6-5-14-11-18-13-19-12-14)7-9-21-16(10-17)15-4-2-3-8-20-15;/h2-4,7-13H,5-6H2,1H3;/q-1;. The molecule has 3 rings (SSSR count). The molecule has 0 amide bonds. The normalized spacial score (nSPS) is 19.8. The fourth-order valence-corrected chi connectivity index (χ4v) is 2.37. The molecule has 1 aliphatic rings. The van der Waals surface area contributed by atoms with Crippen molar-refractivity contribution in [3.05, 3.63) is 78.0 Å².